The molecule has 0 bridgehead atoms. The minimum atomic E-state index is -3.23. The predicted molar refractivity (Wildman–Crippen MR) is 113 cm³/mol. The maximum Gasteiger partial charge on any atom is 0.253 e. The van der Waals surface area contributed by atoms with Crippen LogP contribution >= 0.6 is 12.4 Å². The van der Waals surface area contributed by atoms with Gasteiger partial charge in [-0.3, -0.25) is 4.79 Å². The molecule has 6 nitrogen and oxygen atoms in total. The van der Waals surface area contributed by atoms with Gasteiger partial charge in [-0.15, -0.1) is 12.4 Å². The number of halogens is 1. The molecule has 8 heteroatoms. The Kier molecular flexibility index (Phi) is 7.60. The van der Waals surface area contributed by atoms with E-state index in [9.17, 15) is 13.2 Å². The Morgan fingerprint density at radius 2 is 1.75 bits per heavy atom. The fourth-order valence-electron chi connectivity index (χ4n) is 3.29. The molecule has 0 radical (unpaired) electrons. The zero-order valence-electron chi connectivity index (χ0n) is 15.7. The molecule has 1 aliphatic heterocycles. The molecular weight excluding hydrogens is 398 g/mol. The Morgan fingerprint density at radius 1 is 1.11 bits per heavy atom. The summed E-state index contributed by atoms with van der Waals surface area (Å²) in [5.41, 5.74) is 8.82. The molecule has 1 fully saturated rings. The first-order valence-electron chi connectivity index (χ1n) is 9.05. The van der Waals surface area contributed by atoms with Crippen LogP contribution in [-0.2, 0) is 16.6 Å². The van der Waals surface area contributed by atoms with Crippen molar-refractivity contribution in [2.75, 3.05) is 18.8 Å². The minimum Gasteiger partial charge on any atom is -0.336 e. The van der Waals surface area contributed by atoms with Crippen molar-refractivity contribution in [3.63, 3.8) is 0 Å². The van der Waals surface area contributed by atoms with Gasteiger partial charge < -0.3 is 10.6 Å². The number of hydrogen-bond donors (Lipinski definition) is 2. The van der Waals surface area contributed by atoms with Crippen LogP contribution in [0.15, 0.2) is 54.6 Å². The highest BCUT2D eigenvalue weighted by Gasteiger charge is 2.34. The molecule has 2 aromatic carbocycles. The van der Waals surface area contributed by atoms with Gasteiger partial charge in [0.15, 0.2) is 0 Å². The van der Waals surface area contributed by atoms with Crippen LogP contribution in [0.1, 0.15) is 34.3 Å². The van der Waals surface area contributed by atoms with Crippen LogP contribution in [0.5, 0.6) is 0 Å². The van der Waals surface area contributed by atoms with Crippen molar-refractivity contribution in [2.24, 2.45) is 5.73 Å². The summed E-state index contributed by atoms with van der Waals surface area (Å²) in [6.45, 7) is 2.93. The van der Waals surface area contributed by atoms with Crippen molar-refractivity contribution < 1.29 is 13.2 Å². The van der Waals surface area contributed by atoms with Gasteiger partial charge in [-0.25, -0.2) is 13.1 Å². The van der Waals surface area contributed by atoms with Crippen molar-refractivity contribution in [3.05, 3.63) is 71.3 Å². The van der Waals surface area contributed by atoms with Gasteiger partial charge in [0.05, 0.1) is 5.75 Å². The van der Waals surface area contributed by atoms with E-state index in [2.05, 4.69) is 4.72 Å². The van der Waals surface area contributed by atoms with E-state index in [1.165, 1.54) is 0 Å². The first kappa shape index (κ1) is 22.4. The highest BCUT2D eigenvalue weighted by atomic mass is 35.5. The maximum atomic E-state index is 12.8. The van der Waals surface area contributed by atoms with Crippen LogP contribution in [0.3, 0.4) is 0 Å². The van der Waals surface area contributed by atoms with Crippen molar-refractivity contribution in [1.29, 1.82) is 0 Å². The van der Waals surface area contributed by atoms with Crippen LogP contribution < -0.4 is 10.5 Å². The minimum absolute atomic E-state index is 0. The number of hydrogen-bond acceptors (Lipinski definition) is 4. The lowest BCUT2D eigenvalue weighted by molar-refractivity contribution is 0.0789. The van der Waals surface area contributed by atoms with Gasteiger partial charge in [-0.1, -0.05) is 42.5 Å². The molecule has 0 aliphatic carbocycles. The number of carbonyl (C=O) groups excluding carboxylic acids is 1. The van der Waals surface area contributed by atoms with Gasteiger partial charge in [0.25, 0.3) is 5.91 Å². The molecular formula is C20H26ClN3O3S. The third-order valence-corrected chi connectivity index (χ3v) is 6.30. The molecule has 0 unspecified atom stereocenters. The second-order valence-corrected chi connectivity index (χ2v) is 8.91. The third-order valence-electron chi connectivity index (χ3n) is 4.96. The molecule has 0 aromatic heterocycles. The molecule has 28 heavy (non-hydrogen) atoms. The van der Waals surface area contributed by atoms with Gasteiger partial charge in [-0.05, 0) is 30.2 Å². The summed E-state index contributed by atoms with van der Waals surface area (Å²) in [5.74, 6) is 0.129. The van der Waals surface area contributed by atoms with Crippen molar-refractivity contribution >= 4 is 28.3 Å². The number of amides is 1. The standard InChI is InChI=1S/C20H25N3O3S.ClH/c1-2-27(25,26)22-12-15-8-10-17(11-9-15)20(24)23-13-18(19(21)14-23)16-6-4-3-5-7-16;/h3-11,18-19,22H,2,12-14,21H2,1H3;1H/t18-,19+;/m0./s1. The average Bonchev–Trinajstić information content (AvgIpc) is 3.09. The van der Waals surface area contributed by atoms with Gasteiger partial charge in [0.2, 0.25) is 10.0 Å². The Balaban J connectivity index is 0.00000280. The van der Waals surface area contributed by atoms with Gasteiger partial charge in [0.1, 0.15) is 0 Å². The quantitative estimate of drug-likeness (QED) is 0.744. The predicted octanol–water partition coefficient (Wildman–Crippen LogP) is 2.11. The lowest BCUT2D eigenvalue weighted by atomic mass is 9.95. The number of nitrogens with two attached hydrogens (primary N) is 1. The molecule has 1 aliphatic rings. The average molecular weight is 424 g/mol. The molecule has 2 aromatic rings. The van der Waals surface area contributed by atoms with Gasteiger partial charge in [0, 0.05) is 37.2 Å². The Hall–Kier alpha value is -1.93. The summed E-state index contributed by atoms with van der Waals surface area (Å²) in [6, 6.07) is 17.0. The van der Waals surface area contributed by atoms with Crippen LogP contribution in [0, 0.1) is 0 Å². The third kappa shape index (κ3) is 5.32. The monoisotopic (exact) mass is 423 g/mol. The second-order valence-electron chi connectivity index (χ2n) is 6.81. The number of benzene rings is 2. The number of nitrogens with one attached hydrogen (secondary N) is 1. The van der Waals surface area contributed by atoms with E-state index in [0.29, 0.717) is 18.7 Å². The number of nitrogens with zero attached hydrogens (tertiary/aromatic N) is 1. The molecule has 1 saturated heterocycles. The molecule has 2 atom stereocenters. The number of likely N-dealkylation sites (tertiary alicyclic amines) is 1. The lowest BCUT2D eigenvalue weighted by Crippen LogP contribution is -2.32. The van der Waals surface area contributed by atoms with E-state index in [-0.39, 0.29) is 42.6 Å². The molecule has 1 heterocycles. The van der Waals surface area contributed by atoms with E-state index in [1.54, 1.807) is 36.1 Å². The summed E-state index contributed by atoms with van der Waals surface area (Å²) in [5, 5.41) is 0. The molecule has 3 rings (SSSR count). The zero-order chi connectivity index (χ0) is 19.4. The Morgan fingerprint density at radius 3 is 2.36 bits per heavy atom. The summed E-state index contributed by atoms with van der Waals surface area (Å²) in [6.07, 6.45) is 0. The second kappa shape index (κ2) is 9.52. The molecule has 0 spiro atoms. The summed E-state index contributed by atoms with van der Waals surface area (Å²) < 4.78 is 25.6. The Labute approximate surface area is 172 Å². The SMILES string of the molecule is CCS(=O)(=O)NCc1ccc(C(=O)N2C[C@@H](N)[C@H](c3ccccc3)C2)cc1.Cl. The summed E-state index contributed by atoms with van der Waals surface area (Å²) in [4.78, 5) is 14.6. The largest absolute Gasteiger partial charge is 0.336 e. The first-order chi connectivity index (χ1) is 12.9. The molecule has 152 valence electrons. The van der Waals surface area contributed by atoms with Crippen LogP contribution in [0.2, 0.25) is 0 Å². The maximum absolute atomic E-state index is 12.8. The van der Waals surface area contributed by atoms with Crippen LogP contribution in [-0.4, -0.2) is 44.1 Å². The first-order valence-corrected chi connectivity index (χ1v) is 10.7. The Bertz CT molecular complexity index is 889. The number of sulfonamides is 1. The van der Waals surface area contributed by atoms with E-state index in [1.807, 2.05) is 30.3 Å². The fraction of sp³-hybridized carbons (Fsp3) is 0.350. The van der Waals surface area contributed by atoms with Crippen molar-refractivity contribution in [3.8, 4) is 0 Å². The van der Waals surface area contributed by atoms with E-state index < -0.39 is 10.0 Å². The van der Waals surface area contributed by atoms with E-state index >= 15 is 0 Å². The van der Waals surface area contributed by atoms with Crippen LogP contribution in [0.4, 0.5) is 0 Å². The van der Waals surface area contributed by atoms with Crippen LogP contribution in [0.25, 0.3) is 0 Å². The van der Waals surface area contributed by atoms with Crippen molar-refractivity contribution in [1.82, 2.24) is 9.62 Å². The molecule has 0 saturated carbocycles. The smallest absolute Gasteiger partial charge is 0.253 e. The highest BCUT2D eigenvalue weighted by Crippen LogP contribution is 2.27. The highest BCUT2D eigenvalue weighted by molar-refractivity contribution is 7.89. The molecule has 3 N–H and O–H groups in total. The van der Waals surface area contributed by atoms with Gasteiger partial charge in [-0.2, -0.15) is 0 Å². The van der Waals surface area contributed by atoms with Gasteiger partial charge >= 0.3 is 0 Å². The normalized spacial score (nSPS) is 19.3. The van der Waals surface area contributed by atoms with Crippen molar-refractivity contribution in [2.45, 2.75) is 25.4 Å². The topological polar surface area (TPSA) is 92.5 Å². The lowest BCUT2D eigenvalue weighted by Gasteiger charge is -2.17. The fourth-order valence-corrected chi connectivity index (χ4v) is 3.88. The zero-order valence-corrected chi connectivity index (χ0v) is 17.4. The van der Waals surface area contributed by atoms with E-state index in [0.717, 1.165) is 11.1 Å². The number of carbonyl (C=O) groups is 1. The summed E-state index contributed by atoms with van der Waals surface area (Å²) in [7, 11) is -3.23. The number of rotatable bonds is 6. The van der Waals surface area contributed by atoms with E-state index in [4.69, 9.17) is 5.73 Å². The summed E-state index contributed by atoms with van der Waals surface area (Å²) >= 11 is 0. The molecule has 1 amide bonds.